The van der Waals surface area contributed by atoms with Crippen LogP contribution in [0.15, 0.2) is 0 Å². The second kappa shape index (κ2) is 3.86. The number of carbonyl (C=O) groups is 2. The highest BCUT2D eigenvalue weighted by atomic mass is 16.2. The van der Waals surface area contributed by atoms with E-state index in [0.717, 1.165) is 0 Å². The zero-order valence-electron chi connectivity index (χ0n) is 8.16. The Bertz CT molecular complexity index is 370. The SMILES string of the molecule is CC(=O)Nc1nnc(C)n1NC(C)=O. The average Bonchev–Trinajstić information content (AvgIpc) is 2.34. The van der Waals surface area contributed by atoms with E-state index < -0.39 is 0 Å². The minimum Gasteiger partial charge on any atom is -0.293 e. The number of rotatable bonds is 2. The van der Waals surface area contributed by atoms with Gasteiger partial charge in [-0.1, -0.05) is 0 Å². The number of hydrogen-bond acceptors (Lipinski definition) is 4. The predicted octanol–water partition coefficient (Wildman–Crippen LogP) is -0.365. The van der Waals surface area contributed by atoms with Crippen LogP contribution in [-0.4, -0.2) is 26.7 Å². The number of nitrogens with zero attached hydrogens (tertiary/aromatic N) is 3. The summed E-state index contributed by atoms with van der Waals surface area (Å²) in [5.41, 5.74) is 2.47. The zero-order valence-corrected chi connectivity index (χ0v) is 8.16. The lowest BCUT2D eigenvalue weighted by atomic mass is 10.6. The molecule has 1 heterocycles. The van der Waals surface area contributed by atoms with Gasteiger partial charge in [0, 0.05) is 13.8 Å². The van der Waals surface area contributed by atoms with Gasteiger partial charge in [0.15, 0.2) is 5.82 Å². The van der Waals surface area contributed by atoms with E-state index in [4.69, 9.17) is 0 Å². The Morgan fingerprint density at radius 1 is 1.21 bits per heavy atom. The van der Waals surface area contributed by atoms with Crippen molar-refractivity contribution in [2.24, 2.45) is 0 Å². The summed E-state index contributed by atoms with van der Waals surface area (Å²) in [6.45, 7) is 4.37. The third kappa shape index (κ3) is 2.28. The highest BCUT2D eigenvalue weighted by Crippen LogP contribution is 2.03. The van der Waals surface area contributed by atoms with Gasteiger partial charge in [0.2, 0.25) is 11.8 Å². The fraction of sp³-hybridized carbons (Fsp3) is 0.429. The second-order valence-electron chi connectivity index (χ2n) is 2.76. The summed E-state index contributed by atoms with van der Waals surface area (Å²) in [7, 11) is 0. The van der Waals surface area contributed by atoms with E-state index >= 15 is 0 Å². The molecule has 0 aliphatic carbocycles. The Morgan fingerprint density at radius 2 is 1.86 bits per heavy atom. The van der Waals surface area contributed by atoms with Crippen molar-refractivity contribution in [3.63, 3.8) is 0 Å². The maximum Gasteiger partial charge on any atom is 0.250 e. The number of aromatic nitrogens is 3. The molecule has 1 rings (SSSR count). The van der Waals surface area contributed by atoms with E-state index in [1.165, 1.54) is 18.5 Å². The minimum absolute atomic E-state index is 0.199. The Kier molecular flexibility index (Phi) is 2.80. The van der Waals surface area contributed by atoms with Gasteiger partial charge in [-0.2, -0.15) is 0 Å². The van der Waals surface area contributed by atoms with Gasteiger partial charge in [-0.05, 0) is 6.92 Å². The molecule has 0 saturated carbocycles. The molecule has 0 atom stereocenters. The predicted molar refractivity (Wildman–Crippen MR) is 49.1 cm³/mol. The first kappa shape index (κ1) is 10.2. The van der Waals surface area contributed by atoms with Crippen molar-refractivity contribution in [2.75, 3.05) is 10.7 Å². The van der Waals surface area contributed by atoms with Crippen LogP contribution in [0, 0.1) is 6.92 Å². The maximum atomic E-state index is 10.8. The number of nitrogens with one attached hydrogen (secondary N) is 2. The molecule has 0 aliphatic heterocycles. The number of hydrogen-bond donors (Lipinski definition) is 2. The van der Waals surface area contributed by atoms with E-state index in [-0.39, 0.29) is 17.8 Å². The molecule has 0 spiro atoms. The van der Waals surface area contributed by atoms with Crippen molar-refractivity contribution in [2.45, 2.75) is 20.8 Å². The first-order chi connectivity index (χ1) is 6.50. The van der Waals surface area contributed by atoms with Crippen LogP contribution in [0.25, 0.3) is 0 Å². The van der Waals surface area contributed by atoms with Gasteiger partial charge in [0.25, 0.3) is 5.95 Å². The number of anilines is 1. The lowest BCUT2D eigenvalue weighted by Gasteiger charge is -2.07. The molecule has 7 heteroatoms. The quantitative estimate of drug-likeness (QED) is 0.677. The van der Waals surface area contributed by atoms with Crippen LogP contribution in [0.1, 0.15) is 19.7 Å². The summed E-state index contributed by atoms with van der Waals surface area (Å²) in [6.07, 6.45) is 0. The smallest absolute Gasteiger partial charge is 0.250 e. The molecule has 0 radical (unpaired) electrons. The molecule has 0 fully saturated rings. The topological polar surface area (TPSA) is 88.9 Å². The number of aryl methyl sites for hydroxylation is 1. The average molecular weight is 197 g/mol. The Labute approximate surface area is 80.5 Å². The zero-order chi connectivity index (χ0) is 10.7. The lowest BCUT2D eigenvalue weighted by molar-refractivity contribution is -0.116. The summed E-state index contributed by atoms with van der Waals surface area (Å²) < 4.78 is 1.31. The summed E-state index contributed by atoms with van der Waals surface area (Å²) in [5, 5.41) is 9.82. The van der Waals surface area contributed by atoms with Crippen LogP contribution in [0.3, 0.4) is 0 Å². The van der Waals surface area contributed by atoms with Gasteiger partial charge < -0.3 is 0 Å². The molecule has 1 aromatic heterocycles. The van der Waals surface area contributed by atoms with Crippen molar-refractivity contribution < 1.29 is 9.59 Å². The summed E-state index contributed by atoms with van der Waals surface area (Å²) in [6, 6.07) is 0. The minimum atomic E-state index is -0.274. The molecule has 76 valence electrons. The van der Waals surface area contributed by atoms with Crippen molar-refractivity contribution in [1.82, 2.24) is 14.9 Å². The molecule has 0 aromatic carbocycles. The third-order valence-corrected chi connectivity index (χ3v) is 1.38. The van der Waals surface area contributed by atoms with E-state index in [9.17, 15) is 9.59 Å². The van der Waals surface area contributed by atoms with Gasteiger partial charge in [-0.3, -0.25) is 20.3 Å². The van der Waals surface area contributed by atoms with E-state index in [2.05, 4.69) is 20.9 Å². The highest BCUT2D eigenvalue weighted by Gasteiger charge is 2.10. The van der Waals surface area contributed by atoms with E-state index in [1.807, 2.05) is 0 Å². The maximum absolute atomic E-state index is 10.8. The fourth-order valence-corrected chi connectivity index (χ4v) is 0.892. The van der Waals surface area contributed by atoms with Crippen LogP contribution in [0.2, 0.25) is 0 Å². The van der Waals surface area contributed by atoms with Gasteiger partial charge in [0.05, 0.1) is 0 Å². The first-order valence-corrected chi connectivity index (χ1v) is 3.98. The standard InChI is InChI=1S/C7H11N5O2/c1-4-9-10-7(8-5(2)13)12(4)11-6(3)14/h1-3H3,(H,11,14)(H,8,10,13). The third-order valence-electron chi connectivity index (χ3n) is 1.38. The largest absolute Gasteiger partial charge is 0.293 e. The fourth-order valence-electron chi connectivity index (χ4n) is 0.892. The van der Waals surface area contributed by atoms with Gasteiger partial charge in [-0.15, -0.1) is 10.2 Å². The molecule has 0 unspecified atom stereocenters. The molecule has 7 nitrogen and oxygen atoms in total. The molecule has 0 bridgehead atoms. The molecule has 1 aromatic rings. The molecular weight excluding hydrogens is 186 g/mol. The van der Waals surface area contributed by atoms with Gasteiger partial charge in [0.1, 0.15) is 0 Å². The monoisotopic (exact) mass is 197 g/mol. The van der Waals surface area contributed by atoms with Gasteiger partial charge >= 0.3 is 0 Å². The van der Waals surface area contributed by atoms with Crippen molar-refractivity contribution in [3.05, 3.63) is 5.82 Å². The summed E-state index contributed by atoms with van der Waals surface area (Å²) in [4.78, 5) is 21.6. The van der Waals surface area contributed by atoms with Crippen molar-refractivity contribution >= 4 is 17.8 Å². The first-order valence-electron chi connectivity index (χ1n) is 3.98. The Hall–Kier alpha value is -1.92. The second-order valence-corrected chi connectivity index (χ2v) is 2.76. The summed E-state index contributed by atoms with van der Waals surface area (Å²) >= 11 is 0. The number of amides is 2. The Morgan fingerprint density at radius 3 is 2.36 bits per heavy atom. The molecule has 14 heavy (non-hydrogen) atoms. The molecule has 2 amide bonds. The summed E-state index contributed by atoms with van der Waals surface area (Å²) in [5.74, 6) is 0.151. The number of carbonyl (C=O) groups excluding carboxylic acids is 2. The Balaban J connectivity index is 2.93. The van der Waals surface area contributed by atoms with Crippen LogP contribution >= 0.6 is 0 Å². The van der Waals surface area contributed by atoms with Crippen molar-refractivity contribution in [3.8, 4) is 0 Å². The van der Waals surface area contributed by atoms with Crippen LogP contribution in [-0.2, 0) is 9.59 Å². The van der Waals surface area contributed by atoms with E-state index in [1.54, 1.807) is 6.92 Å². The van der Waals surface area contributed by atoms with Crippen LogP contribution < -0.4 is 10.7 Å². The van der Waals surface area contributed by atoms with Gasteiger partial charge in [-0.25, -0.2) is 4.68 Å². The van der Waals surface area contributed by atoms with Crippen molar-refractivity contribution in [1.29, 1.82) is 0 Å². The van der Waals surface area contributed by atoms with Crippen LogP contribution in [0.5, 0.6) is 0 Å². The molecular formula is C7H11N5O2. The normalized spacial score (nSPS) is 9.64. The van der Waals surface area contributed by atoms with E-state index in [0.29, 0.717) is 5.82 Å². The van der Waals surface area contributed by atoms with Crippen LogP contribution in [0.4, 0.5) is 5.95 Å². The lowest BCUT2D eigenvalue weighted by Crippen LogP contribution is -2.24. The molecule has 0 aliphatic rings. The highest BCUT2D eigenvalue weighted by molar-refractivity contribution is 5.87. The molecule has 2 N–H and O–H groups in total. The molecule has 0 saturated heterocycles.